The molecule has 2 nitrogen and oxygen atoms in total. The van der Waals surface area contributed by atoms with Gasteiger partial charge in [0.25, 0.3) is 0 Å². The van der Waals surface area contributed by atoms with E-state index in [1.165, 1.54) is 17.7 Å². The third-order valence-corrected chi connectivity index (χ3v) is 3.03. The van der Waals surface area contributed by atoms with Gasteiger partial charge in [0.1, 0.15) is 0 Å². The molecule has 16 heavy (non-hydrogen) atoms. The van der Waals surface area contributed by atoms with Gasteiger partial charge in [0.05, 0.1) is 11.4 Å². The molecule has 0 unspecified atom stereocenters. The fourth-order valence-corrected chi connectivity index (χ4v) is 2.03. The molecule has 2 aromatic rings. The fourth-order valence-electron chi connectivity index (χ4n) is 2.03. The van der Waals surface area contributed by atoms with Crippen LogP contribution in [0.5, 0.6) is 0 Å². The first-order valence-corrected chi connectivity index (χ1v) is 5.70. The second kappa shape index (κ2) is 3.97. The van der Waals surface area contributed by atoms with Crippen molar-refractivity contribution in [3.63, 3.8) is 0 Å². The second-order valence-corrected chi connectivity index (χ2v) is 4.08. The zero-order valence-corrected chi connectivity index (χ0v) is 9.13. The number of pyridine rings is 1. The molecule has 3 rings (SSSR count). The first kappa shape index (κ1) is 9.40. The molecule has 0 bridgehead atoms. The lowest BCUT2D eigenvalue weighted by Crippen LogP contribution is -2.37. The summed E-state index contributed by atoms with van der Waals surface area (Å²) in [6.07, 6.45) is 3.16. The Hall–Kier alpha value is -1.83. The number of hydrogen-bond acceptors (Lipinski definition) is 2. The molecule has 1 aromatic carbocycles. The summed E-state index contributed by atoms with van der Waals surface area (Å²) in [4.78, 5) is 6.89. The van der Waals surface area contributed by atoms with Gasteiger partial charge in [-0.1, -0.05) is 30.3 Å². The van der Waals surface area contributed by atoms with Crippen molar-refractivity contribution in [3.8, 4) is 11.3 Å². The molecule has 0 N–H and O–H groups in total. The first-order valence-electron chi connectivity index (χ1n) is 5.70. The number of aromatic nitrogens is 1. The van der Waals surface area contributed by atoms with Crippen LogP contribution in [0.4, 0.5) is 5.69 Å². The predicted molar refractivity (Wildman–Crippen MR) is 66.5 cm³/mol. The summed E-state index contributed by atoms with van der Waals surface area (Å²) in [5.74, 6) is 0. The molecular formula is C14H14N2. The van der Waals surface area contributed by atoms with E-state index in [-0.39, 0.29) is 0 Å². The molecule has 1 aliphatic rings. The standard InChI is InChI=1S/C14H14N2/c1-2-6-12(7-3-1)14-13(8-4-9-15-14)16-10-5-11-16/h1-4,6-9H,5,10-11H2. The maximum atomic E-state index is 4.51. The van der Waals surface area contributed by atoms with Crippen molar-refractivity contribution in [1.29, 1.82) is 0 Å². The Labute approximate surface area is 95.6 Å². The Bertz CT molecular complexity index is 475. The number of benzene rings is 1. The second-order valence-electron chi connectivity index (χ2n) is 4.08. The highest BCUT2D eigenvalue weighted by Gasteiger charge is 2.18. The van der Waals surface area contributed by atoms with E-state index in [2.05, 4.69) is 40.2 Å². The minimum Gasteiger partial charge on any atom is -0.370 e. The number of rotatable bonds is 2. The van der Waals surface area contributed by atoms with Crippen LogP contribution in [0.2, 0.25) is 0 Å². The van der Waals surface area contributed by atoms with Crippen molar-refractivity contribution in [2.45, 2.75) is 6.42 Å². The number of nitrogens with zero attached hydrogens (tertiary/aromatic N) is 2. The summed E-state index contributed by atoms with van der Waals surface area (Å²) in [5.41, 5.74) is 3.56. The van der Waals surface area contributed by atoms with E-state index in [4.69, 9.17) is 0 Å². The molecule has 1 aliphatic heterocycles. The lowest BCUT2D eigenvalue weighted by atomic mass is 10.1. The quantitative estimate of drug-likeness (QED) is 0.757. The Balaban J connectivity index is 2.06. The van der Waals surface area contributed by atoms with Gasteiger partial charge in [-0.05, 0) is 18.6 Å². The molecule has 0 spiro atoms. The highest BCUT2D eigenvalue weighted by Crippen LogP contribution is 2.30. The third kappa shape index (κ3) is 1.56. The Morgan fingerprint density at radius 1 is 0.938 bits per heavy atom. The molecule has 0 radical (unpaired) electrons. The monoisotopic (exact) mass is 210 g/mol. The van der Waals surface area contributed by atoms with Gasteiger partial charge >= 0.3 is 0 Å². The zero-order chi connectivity index (χ0) is 10.8. The van der Waals surface area contributed by atoms with Crippen LogP contribution in [-0.4, -0.2) is 18.1 Å². The van der Waals surface area contributed by atoms with Gasteiger partial charge in [0.15, 0.2) is 0 Å². The van der Waals surface area contributed by atoms with E-state index in [0.717, 1.165) is 18.8 Å². The minimum absolute atomic E-state index is 1.10. The van der Waals surface area contributed by atoms with Crippen molar-refractivity contribution in [3.05, 3.63) is 48.7 Å². The number of anilines is 1. The molecule has 0 aliphatic carbocycles. The van der Waals surface area contributed by atoms with Crippen molar-refractivity contribution >= 4 is 5.69 Å². The van der Waals surface area contributed by atoms with Crippen molar-refractivity contribution in [2.75, 3.05) is 18.0 Å². The lowest BCUT2D eigenvalue weighted by molar-refractivity contribution is 0.617. The summed E-state index contributed by atoms with van der Waals surface area (Å²) in [5, 5.41) is 0. The smallest absolute Gasteiger partial charge is 0.0935 e. The van der Waals surface area contributed by atoms with E-state index < -0.39 is 0 Å². The minimum atomic E-state index is 1.10. The molecule has 80 valence electrons. The van der Waals surface area contributed by atoms with Crippen molar-refractivity contribution in [1.82, 2.24) is 4.98 Å². The molecule has 1 fully saturated rings. The van der Waals surface area contributed by atoms with E-state index in [1.807, 2.05) is 18.3 Å². The third-order valence-electron chi connectivity index (χ3n) is 3.03. The average Bonchev–Trinajstić information content (AvgIpc) is 2.29. The number of hydrogen-bond donors (Lipinski definition) is 0. The van der Waals surface area contributed by atoms with Crippen LogP contribution in [0.15, 0.2) is 48.7 Å². The highest BCUT2D eigenvalue weighted by atomic mass is 15.2. The summed E-state index contributed by atoms with van der Waals surface area (Å²) < 4.78 is 0. The molecule has 0 saturated carbocycles. The van der Waals surface area contributed by atoms with E-state index in [0.29, 0.717) is 0 Å². The summed E-state index contributed by atoms with van der Waals surface area (Å²) in [6, 6.07) is 14.6. The van der Waals surface area contributed by atoms with Crippen LogP contribution in [-0.2, 0) is 0 Å². The van der Waals surface area contributed by atoms with Gasteiger partial charge in [0.2, 0.25) is 0 Å². The average molecular weight is 210 g/mol. The highest BCUT2D eigenvalue weighted by molar-refractivity contribution is 5.75. The Morgan fingerprint density at radius 3 is 2.44 bits per heavy atom. The largest absolute Gasteiger partial charge is 0.370 e. The molecule has 1 aromatic heterocycles. The molecule has 2 heteroatoms. The van der Waals surface area contributed by atoms with Crippen molar-refractivity contribution in [2.24, 2.45) is 0 Å². The fraction of sp³-hybridized carbons (Fsp3) is 0.214. The Morgan fingerprint density at radius 2 is 1.75 bits per heavy atom. The SMILES string of the molecule is c1ccc(-c2ncccc2N2CCC2)cc1. The molecule has 1 saturated heterocycles. The normalized spacial score (nSPS) is 14.6. The van der Waals surface area contributed by atoms with Crippen LogP contribution in [0, 0.1) is 0 Å². The van der Waals surface area contributed by atoms with Gasteiger partial charge < -0.3 is 4.90 Å². The van der Waals surface area contributed by atoms with Crippen LogP contribution >= 0.6 is 0 Å². The van der Waals surface area contributed by atoms with Gasteiger partial charge in [-0.2, -0.15) is 0 Å². The maximum Gasteiger partial charge on any atom is 0.0935 e. The van der Waals surface area contributed by atoms with Crippen molar-refractivity contribution < 1.29 is 0 Å². The van der Waals surface area contributed by atoms with Crippen LogP contribution in [0.3, 0.4) is 0 Å². The lowest BCUT2D eigenvalue weighted by Gasteiger charge is -2.34. The van der Waals surface area contributed by atoms with Crippen LogP contribution < -0.4 is 4.90 Å². The summed E-state index contributed by atoms with van der Waals surface area (Å²) in [7, 11) is 0. The predicted octanol–water partition coefficient (Wildman–Crippen LogP) is 2.96. The van der Waals surface area contributed by atoms with Gasteiger partial charge in [-0.15, -0.1) is 0 Å². The van der Waals surface area contributed by atoms with Gasteiger partial charge in [-0.3, -0.25) is 4.98 Å². The first-order chi connectivity index (χ1) is 7.95. The van der Waals surface area contributed by atoms with Gasteiger partial charge in [0, 0.05) is 24.8 Å². The summed E-state index contributed by atoms with van der Waals surface area (Å²) >= 11 is 0. The molecule has 2 heterocycles. The maximum absolute atomic E-state index is 4.51. The van der Waals surface area contributed by atoms with E-state index in [1.54, 1.807) is 0 Å². The van der Waals surface area contributed by atoms with Crippen LogP contribution in [0.1, 0.15) is 6.42 Å². The zero-order valence-electron chi connectivity index (χ0n) is 9.13. The molecule has 0 atom stereocenters. The molecule has 0 amide bonds. The molecular weight excluding hydrogens is 196 g/mol. The topological polar surface area (TPSA) is 16.1 Å². The van der Waals surface area contributed by atoms with Crippen LogP contribution in [0.25, 0.3) is 11.3 Å². The Kier molecular flexibility index (Phi) is 2.33. The summed E-state index contributed by atoms with van der Waals surface area (Å²) in [6.45, 7) is 2.32. The van der Waals surface area contributed by atoms with E-state index >= 15 is 0 Å². The van der Waals surface area contributed by atoms with E-state index in [9.17, 15) is 0 Å². The van der Waals surface area contributed by atoms with Gasteiger partial charge in [-0.25, -0.2) is 0 Å².